The van der Waals surface area contributed by atoms with Crippen LogP contribution in [-0.4, -0.2) is 26.2 Å². The van der Waals surface area contributed by atoms with Crippen molar-refractivity contribution in [1.82, 2.24) is 20.5 Å². The summed E-state index contributed by atoms with van der Waals surface area (Å²) in [6.45, 7) is 0.304. The number of aromatic hydroxyl groups is 1. The Morgan fingerprint density at radius 2 is 2.17 bits per heavy atom. The molecule has 1 amide bonds. The number of carbonyl (C=O) groups is 1. The van der Waals surface area contributed by atoms with Gasteiger partial charge in [-0.1, -0.05) is 12.1 Å². The predicted octanol–water partition coefficient (Wildman–Crippen LogP) is 0.840. The monoisotopic (exact) mass is 244 g/mol. The van der Waals surface area contributed by atoms with Gasteiger partial charge in [0, 0.05) is 6.08 Å². The molecule has 0 fully saturated rings. The summed E-state index contributed by atoms with van der Waals surface area (Å²) in [6.07, 6.45) is 4.46. The molecule has 0 saturated heterocycles. The van der Waals surface area contributed by atoms with E-state index in [1.54, 1.807) is 30.3 Å². The number of aromatic nitrogens is 3. The van der Waals surface area contributed by atoms with Crippen LogP contribution in [0.25, 0.3) is 6.08 Å². The van der Waals surface area contributed by atoms with Gasteiger partial charge in [-0.15, -0.1) is 0 Å². The smallest absolute Gasteiger partial charge is 0.244 e. The van der Waals surface area contributed by atoms with Gasteiger partial charge in [0.25, 0.3) is 0 Å². The highest BCUT2D eigenvalue weighted by atomic mass is 16.3. The Balaban J connectivity index is 1.85. The summed E-state index contributed by atoms with van der Waals surface area (Å²) in [6, 6.07) is 6.56. The van der Waals surface area contributed by atoms with E-state index in [1.807, 2.05) is 0 Å². The first-order chi connectivity index (χ1) is 8.74. The molecule has 92 valence electrons. The summed E-state index contributed by atoms with van der Waals surface area (Å²) in [4.78, 5) is 15.4. The van der Waals surface area contributed by atoms with Crippen LogP contribution in [0.5, 0.6) is 5.75 Å². The third kappa shape index (κ3) is 3.44. The minimum Gasteiger partial charge on any atom is -0.508 e. The molecule has 6 heteroatoms. The highest BCUT2D eigenvalue weighted by Gasteiger charge is 1.98. The molecule has 1 aromatic carbocycles. The lowest BCUT2D eigenvalue weighted by Gasteiger charge is -1.98. The number of nitrogens with zero attached hydrogens (tertiary/aromatic N) is 2. The third-order valence-electron chi connectivity index (χ3n) is 2.22. The number of phenolic OH excluding ortho intramolecular Hbond substituents is 1. The molecule has 0 bridgehead atoms. The molecule has 1 heterocycles. The number of aromatic amines is 1. The lowest BCUT2D eigenvalue weighted by molar-refractivity contribution is -0.116. The second-order valence-corrected chi connectivity index (χ2v) is 3.57. The zero-order valence-corrected chi connectivity index (χ0v) is 9.50. The maximum atomic E-state index is 11.5. The molecule has 0 saturated carbocycles. The number of amides is 1. The minimum atomic E-state index is -0.223. The number of phenols is 1. The highest BCUT2D eigenvalue weighted by Crippen LogP contribution is 2.10. The van der Waals surface area contributed by atoms with Crippen LogP contribution in [0, 0.1) is 0 Å². The zero-order chi connectivity index (χ0) is 12.8. The van der Waals surface area contributed by atoms with Crippen molar-refractivity contribution in [2.24, 2.45) is 0 Å². The number of benzene rings is 1. The predicted molar refractivity (Wildman–Crippen MR) is 65.4 cm³/mol. The SMILES string of the molecule is O=C(/C=C/c1ccc(O)cc1)NCc1ncn[nH]1. The van der Waals surface area contributed by atoms with Gasteiger partial charge in [0.1, 0.15) is 17.9 Å². The second-order valence-electron chi connectivity index (χ2n) is 3.57. The van der Waals surface area contributed by atoms with Crippen molar-refractivity contribution in [3.05, 3.63) is 48.1 Å². The van der Waals surface area contributed by atoms with Gasteiger partial charge in [-0.05, 0) is 23.8 Å². The van der Waals surface area contributed by atoms with E-state index in [4.69, 9.17) is 5.11 Å². The van der Waals surface area contributed by atoms with Crippen molar-refractivity contribution < 1.29 is 9.90 Å². The lowest BCUT2D eigenvalue weighted by atomic mass is 10.2. The standard InChI is InChI=1S/C12H12N4O2/c17-10-4-1-9(2-5-10)3-6-12(18)13-7-11-14-8-15-16-11/h1-6,8,17H,7H2,(H,13,18)(H,14,15,16)/b6-3+. The van der Waals surface area contributed by atoms with Crippen LogP contribution in [0.4, 0.5) is 0 Å². The summed E-state index contributed by atoms with van der Waals surface area (Å²) in [7, 11) is 0. The Labute approximate surface area is 103 Å². The van der Waals surface area contributed by atoms with Crippen LogP contribution < -0.4 is 5.32 Å². The summed E-state index contributed by atoms with van der Waals surface area (Å²) in [5.41, 5.74) is 0.836. The number of hydrogen-bond acceptors (Lipinski definition) is 4. The van der Waals surface area contributed by atoms with E-state index in [1.165, 1.54) is 12.4 Å². The normalized spacial score (nSPS) is 10.7. The van der Waals surface area contributed by atoms with Crippen LogP contribution >= 0.6 is 0 Å². The fraction of sp³-hybridized carbons (Fsp3) is 0.0833. The molecule has 2 aromatic rings. The Morgan fingerprint density at radius 3 is 2.83 bits per heavy atom. The molecule has 0 unspecified atom stereocenters. The quantitative estimate of drug-likeness (QED) is 0.695. The summed E-state index contributed by atoms with van der Waals surface area (Å²) >= 11 is 0. The Hall–Kier alpha value is -2.63. The second kappa shape index (κ2) is 5.62. The molecule has 0 aliphatic rings. The number of H-pyrrole nitrogens is 1. The summed E-state index contributed by atoms with van der Waals surface area (Å²) < 4.78 is 0. The van der Waals surface area contributed by atoms with Crippen molar-refractivity contribution in [2.45, 2.75) is 6.54 Å². The molecule has 0 spiro atoms. The van der Waals surface area contributed by atoms with Gasteiger partial charge >= 0.3 is 0 Å². The molecule has 0 atom stereocenters. The van der Waals surface area contributed by atoms with E-state index in [0.717, 1.165) is 5.56 Å². The van der Waals surface area contributed by atoms with E-state index >= 15 is 0 Å². The topological polar surface area (TPSA) is 90.9 Å². The van der Waals surface area contributed by atoms with Gasteiger partial charge < -0.3 is 10.4 Å². The summed E-state index contributed by atoms with van der Waals surface area (Å²) in [5.74, 6) is 0.572. The maximum absolute atomic E-state index is 11.5. The molecule has 6 nitrogen and oxygen atoms in total. The Bertz CT molecular complexity index is 532. The highest BCUT2D eigenvalue weighted by molar-refractivity contribution is 5.91. The van der Waals surface area contributed by atoms with Crippen LogP contribution in [0.2, 0.25) is 0 Å². The molecule has 0 aliphatic carbocycles. The van der Waals surface area contributed by atoms with Crippen LogP contribution in [0.1, 0.15) is 11.4 Å². The number of carbonyl (C=O) groups excluding carboxylic acids is 1. The fourth-order valence-electron chi connectivity index (χ4n) is 1.30. The minimum absolute atomic E-state index is 0.196. The maximum Gasteiger partial charge on any atom is 0.244 e. The number of nitrogens with one attached hydrogen (secondary N) is 2. The van der Waals surface area contributed by atoms with Gasteiger partial charge in [0.05, 0.1) is 6.54 Å². The van der Waals surface area contributed by atoms with Gasteiger partial charge in [-0.3, -0.25) is 9.89 Å². The molecule has 0 radical (unpaired) electrons. The Morgan fingerprint density at radius 1 is 1.39 bits per heavy atom. The molecule has 3 N–H and O–H groups in total. The number of hydrogen-bond donors (Lipinski definition) is 3. The van der Waals surface area contributed by atoms with E-state index in [0.29, 0.717) is 12.4 Å². The van der Waals surface area contributed by atoms with Crippen LogP contribution in [0.15, 0.2) is 36.7 Å². The molecule has 1 aromatic heterocycles. The van der Waals surface area contributed by atoms with Crippen molar-refractivity contribution >= 4 is 12.0 Å². The largest absolute Gasteiger partial charge is 0.508 e. The van der Waals surface area contributed by atoms with Crippen molar-refractivity contribution in [1.29, 1.82) is 0 Å². The van der Waals surface area contributed by atoms with Crippen molar-refractivity contribution in [2.75, 3.05) is 0 Å². The van der Waals surface area contributed by atoms with E-state index < -0.39 is 0 Å². The van der Waals surface area contributed by atoms with Gasteiger partial charge in [0.15, 0.2) is 0 Å². The van der Waals surface area contributed by atoms with Crippen molar-refractivity contribution in [3.63, 3.8) is 0 Å². The van der Waals surface area contributed by atoms with Gasteiger partial charge in [-0.25, -0.2) is 4.98 Å². The molecule has 2 rings (SSSR count). The first-order valence-electron chi connectivity index (χ1n) is 5.33. The van der Waals surface area contributed by atoms with E-state index in [9.17, 15) is 4.79 Å². The lowest BCUT2D eigenvalue weighted by Crippen LogP contribution is -2.20. The molecule has 0 aliphatic heterocycles. The first kappa shape index (κ1) is 11.8. The first-order valence-corrected chi connectivity index (χ1v) is 5.33. The van der Waals surface area contributed by atoms with Crippen molar-refractivity contribution in [3.8, 4) is 5.75 Å². The average molecular weight is 244 g/mol. The molecular formula is C12H12N4O2. The van der Waals surface area contributed by atoms with Gasteiger partial charge in [0.2, 0.25) is 5.91 Å². The van der Waals surface area contributed by atoms with E-state index in [2.05, 4.69) is 20.5 Å². The van der Waals surface area contributed by atoms with Crippen LogP contribution in [0.3, 0.4) is 0 Å². The zero-order valence-electron chi connectivity index (χ0n) is 9.50. The molecule has 18 heavy (non-hydrogen) atoms. The average Bonchev–Trinajstić information content (AvgIpc) is 2.89. The fourth-order valence-corrected chi connectivity index (χ4v) is 1.30. The van der Waals surface area contributed by atoms with E-state index in [-0.39, 0.29) is 11.7 Å². The Kier molecular flexibility index (Phi) is 3.70. The molecular weight excluding hydrogens is 232 g/mol. The summed E-state index contributed by atoms with van der Waals surface area (Å²) in [5, 5.41) is 18.1. The van der Waals surface area contributed by atoms with Gasteiger partial charge in [-0.2, -0.15) is 5.10 Å². The third-order valence-corrected chi connectivity index (χ3v) is 2.22. The van der Waals surface area contributed by atoms with Crippen LogP contribution in [-0.2, 0) is 11.3 Å². The number of rotatable bonds is 4.